The molecule has 1 saturated heterocycles. The fourth-order valence-corrected chi connectivity index (χ4v) is 3.48. The van der Waals surface area contributed by atoms with Crippen molar-refractivity contribution in [3.63, 3.8) is 0 Å². The van der Waals surface area contributed by atoms with Crippen LogP contribution in [0.15, 0.2) is 30.7 Å². The molecular formula is C20H28F2N6. The number of alkyl halides is 2. The summed E-state index contributed by atoms with van der Waals surface area (Å²) in [5.74, 6) is 1.69. The molecule has 2 aromatic rings. The molecule has 0 atom stereocenters. The molecule has 0 radical (unpaired) electrons. The molecule has 1 N–H and O–H groups in total. The van der Waals surface area contributed by atoms with E-state index in [2.05, 4.69) is 32.1 Å². The second-order valence-corrected chi connectivity index (χ2v) is 7.15. The maximum absolute atomic E-state index is 12.5. The van der Waals surface area contributed by atoms with Crippen LogP contribution in [0.1, 0.15) is 26.2 Å². The molecule has 1 aliphatic rings. The van der Waals surface area contributed by atoms with Gasteiger partial charge in [-0.25, -0.2) is 23.7 Å². The predicted molar refractivity (Wildman–Crippen MR) is 108 cm³/mol. The van der Waals surface area contributed by atoms with Crippen molar-refractivity contribution in [2.45, 2.75) is 38.7 Å². The molecule has 0 bridgehead atoms. The van der Waals surface area contributed by atoms with E-state index in [4.69, 9.17) is 0 Å². The number of aromatic nitrogens is 3. The maximum Gasteiger partial charge on any atom is 0.251 e. The van der Waals surface area contributed by atoms with Crippen molar-refractivity contribution >= 4 is 11.6 Å². The van der Waals surface area contributed by atoms with Crippen molar-refractivity contribution < 1.29 is 8.78 Å². The van der Waals surface area contributed by atoms with Crippen LogP contribution in [0.25, 0.3) is 11.3 Å². The van der Waals surface area contributed by atoms with Gasteiger partial charge in [0.2, 0.25) is 0 Å². The smallest absolute Gasteiger partial charge is 0.251 e. The van der Waals surface area contributed by atoms with Crippen LogP contribution in [0.3, 0.4) is 0 Å². The number of piperidine rings is 1. The van der Waals surface area contributed by atoms with Gasteiger partial charge in [0.15, 0.2) is 0 Å². The summed E-state index contributed by atoms with van der Waals surface area (Å²) in [5, 5.41) is 3.26. The Morgan fingerprint density at radius 2 is 2.00 bits per heavy atom. The van der Waals surface area contributed by atoms with Crippen LogP contribution in [0.5, 0.6) is 0 Å². The predicted octanol–water partition coefficient (Wildman–Crippen LogP) is 3.53. The second-order valence-electron chi connectivity index (χ2n) is 7.15. The Morgan fingerprint density at radius 3 is 2.64 bits per heavy atom. The van der Waals surface area contributed by atoms with Crippen molar-refractivity contribution in [3.05, 3.63) is 30.7 Å². The average Bonchev–Trinajstić information content (AvgIpc) is 2.72. The first-order chi connectivity index (χ1) is 13.6. The van der Waals surface area contributed by atoms with Gasteiger partial charge in [0.25, 0.3) is 6.43 Å². The molecule has 1 aliphatic heterocycles. The standard InChI is InChI=1S/C20H28F2N6/c1-3-8-23-19-11-17(25-14-26-19)15-4-5-20(24-12-15)27(2)16-6-9-28(10-7-16)13-18(21)22/h4-5,11-12,14,16,18H,3,6-10,13H2,1-2H3,(H,23,25,26). The number of anilines is 2. The first-order valence-corrected chi connectivity index (χ1v) is 9.82. The maximum atomic E-state index is 12.5. The van der Waals surface area contributed by atoms with Gasteiger partial charge in [-0.05, 0) is 31.4 Å². The Bertz CT molecular complexity index is 732. The van der Waals surface area contributed by atoms with Crippen LogP contribution >= 0.6 is 0 Å². The van der Waals surface area contributed by atoms with Crippen molar-refractivity contribution in [2.24, 2.45) is 0 Å². The first kappa shape index (κ1) is 20.4. The summed E-state index contributed by atoms with van der Waals surface area (Å²) in [5.41, 5.74) is 1.77. The van der Waals surface area contributed by atoms with Crippen molar-refractivity contribution in [1.29, 1.82) is 0 Å². The quantitative estimate of drug-likeness (QED) is 0.744. The van der Waals surface area contributed by atoms with Crippen molar-refractivity contribution in [3.8, 4) is 11.3 Å². The van der Waals surface area contributed by atoms with Crippen LogP contribution in [0.4, 0.5) is 20.4 Å². The lowest BCUT2D eigenvalue weighted by Crippen LogP contribution is -2.45. The highest BCUT2D eigenvalue weighted by Gasteiger charge is 2.24. The summed E-state index contributed by atoms with van der Waals surface area (Å²) < 4.78 is 25.1. The molecule has 2 aromatic heterocycles. The lowest BCUT2D eigenvalue weighted by molar-refractivity contribution is 0.0754. The number of nitrogens with zero attached hydrogens (tertiary/aromatic N) is 5. The van der Waals surface area contributed by atoms with E-state index < -0.39 is 6.43 Å². The van der Waals surface area contributed by atoms with Gasteiger partial charge in [-0.3, -0.25) is 4.90 Å². The van der Waals surface area contributed by atoms with Crippen LogP contribution < -0.4 is 10.2 Å². The molecule has 6 nitrogen and oxygen atoms in total. The van der Waals surface area contributed by atoms with Gasteiger partial charge in [0.1, 0.15) is 18.0 Å². The van der Waals surface area contributed by atoms with Crippen LogP contribution in [-0.4, -0.2) is 65.5 Å². The van der Waals surface area contributed by atoms with E-state index in [9.17, 15) is 8.78 Å². The van der Waals surface area contributed by atoms with Gasteiger partial charge in [0, 0.05) is 50.6 Å². The van der Waals surface area contributed by atoms with Crippen molar-refractivity contribution in [1.82, 2.24) is 19.9 Å². The summed E-state index contributed by atoms with van der Waals surface area (Å²) in [6, 6.07) is 6.24. The van der Waals surface area contributed by atoms with Gasteiger partial charge in [-0.1, -0.05) is 6.92 Å². The van der Waals surface area contributed by atoms with E-state index in [0.717, 1.165) is 48.7 Å². The molecule has 0 unspecified atom stereocenters. The minimum atomic E-state index is -2.26. The van der Waals surface area contributed by atoms with E-state index in [1.807, 2.05) is 36.3 Å². The normalized spacial score (nSPS) is 15.8. The zero-order chi connectivity index (χ0) is 19.9. The van der Waals surface area contributed by atoms with Gasteiger partial charge in [-0.2, -0.15) is 0 Å². The number of likely N-dealkylation sites (tertiary alicyclic amines) is 1. The first-order valence-electron chi connectivity index (χ1n) is 9.82. The van der Waals surface area contributed by atoms with Crippen LogP contribution in [0.2, 0.25) is 0 Å². The number of hydrogen-bond acceptors (Lipinski definition) is 6. The molecule has 28 heavy (non-hydrogen) atoms. The van der Waals surface area contributed by atoms with Gasteiger partial charge < -0.3 is 10.2 Å². The minimum absolute atomic E-state index is 0.128. The molecule has 152 valence electrons. The molecule has 3 rings (SSSR count). The summed E-state index contributed by atoms with van der Waals surface area (Å²) >= 11 is 0. The minimum Gasteiger partial charge on any atom is -0.370 e. The average molecular weight is 390 g/mol. The molecular weight excluding hydrogens is 362 g/mol. The van der Waals surface area contributed by atoms with E-state index in [-0.39, 0.29) is 6.54 Å². The molecule has 0 amide bonds. The monoisotopic (exact) mass is 390 g/mol. The Morgan fingerprint density at radius 1 is 1.21 bits per heavy atom. The third-order valence-electron chi connectivity index (χ3n) is 5.13. The molecule has 8 heteroatoms. The fourth-order valence-electron chi connectivity index (χ4n) is 3.48. The molecule has 0 aromatic carbocycles. The lowest BCUT2D eigenvalue weighted by atomic mass is 10.0. The highest BCUT2D eigenvalue weighted by Crippen LogP contribution is 2.24. The topological polar surface area (TPSA) is 57.2 Å². The summed E-state index contributed by atoms with van der Waals surface area (Å²) in [6.45, 7) is 4.25. The number of rotatable bonds is 8. The number of hydrogen-bond donors (Lipinski definition) is 1. The van der Waals surface area contributed by atoms with Gasteiger partial charge >= 0.3 is 0 Å². The number of halogens is 2. The molecule has 3 heterocycles. The zero-order valence-electron chi connectivity index (χ0n) is 16.5. The van der Waals surface area contributed by atoms with Gasteiger partial charge in [0.05, 0.1) is 12.2 Å². The Kier molecular flexibility index (Phi) is 7.08. The van der Waals surface area contributed by atoms with E-state index in [0.29, 0.717) is 19.1 Å². The lowest BCUT2D eigenvalue weighted by Gasteiger charge is -2.37. The Labute approximate surface area is 165 Å². The second kappa shape index (κ2) is 9.73. The molecule has 0 aliphatic carbocycles. The summed E-state index contributed by atoms with van der Waals surface area (Å²) in [4.78, 5) is 17.2. The highest BCUT2D eigenvalue weighted by atomic mass is 19.3. The summed E-state index contributed by atoms with van der Waals surface area (Å²) in [6.07, 6.45) is 3.88. The molecule has 0 spiro atoms. The van der Waals surface area contributed by atoms with E-state index in [1.54, 1.807) is 6.33 Å². The van der Waals surface area contributed by atoms with Crippen LogP contribution in [-0.2, 0) is 0 Å². The highest BCUT2D eigenvalue weighted by molar-refractivity contribution is 5.62. The molecule has 0 saturated carbocycles. The number of pyridine rings is 1. The van der Waals surface area contributed by atoms with Crippen molar-refractivity contribution in [2.75, 3.05) is 43.4 Å². The van der Waals surface area contributed by atoms with Gasteiger partial charge in [-0.15, -0.1) is 0 Å². The Balaban J connectivity index is 1.61. The summed E-state index contributed by atoms with van der Waals surface area (Å²) in [7, 11) is 2.02. The fraction of sp³-hybridized carbons (Fsp3) is 0.550. The van der Waals surface area contributed by atoms with E-state index >= 15 is 0 Å². The number of nitrogens with one attached hydrogen (secondary N) is 1. The van der Waals surface area contributed by atoms with Crippen LogP contribution in [0, 0.1) is 0 Å². The van der Waals surface area contributed by atoms with E-state index in [1.165, 1.54) is 0 Å². The Hall–Kier alpha value is -2.35. The largest absolute Gasteiger partial charge is 0.370 e. The zero-order valence-corrected chi connectivity index (χ0v) is 16.5. The SMILES string of the molecule is CCCNc1cc(-c2ccc(N(C)C3CCN(CC(F)F)CC3)nc2)ncn1. The third kappa shape index (κ3) is 5.34. The molecule has 1 fully saturated rings. The third-order valence-corrected chi connectivity index (χ3v) is 5.13.